The van der Waals surface area contributed by atoms with Gasteiger partial charge in [-0.1, -0.05) is 36.4 Å². The molecule has 4 rings (SSSR count). The van der Waals surface area contributed by atoms with Crippen LogP contribution >= 0.6 is 0 Å². The molecule has 0 unspecified atom stereocenters. The Morgan fingerprint density at radius 1 is 1.14 bits per heavy atom. The van der Waals surface area contributed by atoms with E-state index in [2.05, 4.69) is 43.4 Å². The van der Waals surface area contributed by atoms with Crippen LogP contribution < -0.4 is 5.32 Å². The molecule has 2 heteroatoms. The number of benzene rings is 2. The maximum atomic E-state index is 13.7. The molecule has 22 heavy (non-hydrogen) atoms. The van der Waals surface area contributed by atoms with Crippen molar-refractivity contribution in [3.8, 4) is 0 Å². The molecule has 2 aromatic carbocycles. The van der Waals surface area contributed by atoms with Crippen LogP contribution in [0.15, 0.2) is 48.6 Å². The summed E-state index contributed by atoms with van der Waals surface area (Å²) in [5, 5.41) is 3.71. The lowest BCUT2D eigenvalue weighted by atomic mass is 9.76. The van der Waals surface area contributed by atoms with Crippen molar-refractivity contribution in [1.82, 2.24) is 0 Å². The number of allylic oxidation sites excluding steroid dienone is 2. The van der Waals surface area contributed by atoms with Crippen LogP contribution in [0.4, 0.5) is 10.1 Å². The van der Waals surface area contributed by atoms with E-state index in [1.165, 1.54) is 28.4 Å². The Bertz CT molecular complexity index is 762. The first-order valence-electron chi connectivity index (χ1n) is 7.94. The van der Waals surface area contributed by atoms with Crippen molar-refractivity contribution < 1.29 is 4.39 Å². The molecule has 3 atom stereocenters. The van der Waals surface area contributed by atoms with Gasteiger partial charge in [0.15, 0.2) is 0 Å². The second kappa shape index (κ2) is 4.98. The molecular formula is C20H20FN. The number of fused-ring (bicyclic) bond motifs is 3. The summed E-state index contributed by atoms with van der Waals surface area (Å²) in [5.41, 5.74) is 6.27. The van der Waals surface area contributed by atoms with Crippen LogP contribution in [0, 0.1) is 25.6 Å². The van der Waals surface area contributed by atoms with E-state index in [1.807, 2.05) is 12.1 Å². The summed E-state index contributed by atoms with van der Waals surface area (Å²) in [7, 11) is 0. The molecule has 1 N–H and O–H groups in total. The summed E-state index contributed by atoms with van der Waals surface area (Å²) in [4.78, 5) is 0. The van der Waals surface area contributed by atoms with E-state index in [-0.39, 0.29) is 11.9 Å². The van der Waals surface area contributed by atoms with Crippen molar-refractivity contribution in [3.05, 3.63) is 76.6 Å². The van der Waals surface area contributed by atoms with E-state index in [4.69, 9.17) is 0 Å². The van der Waals surface area contributed by atoms with Crippen molar-refractivity contribution in [2.45, 2.75) is 32.2 Å². The molecule has 1 aliphatic heterocycles. The van der Waals surface area contributed by atoms with Crippen LogP contribution in [0.25, 0.3) is 0 Å². The molecule has 0 amide bonds. The fourth-order valence-corrected chi connectivity index (χ4v) is 3.95. The molecule has 2 aromatic rings. The first kappa shape index (κ1) is 13.6. The molecule has 1 nitrogen and oxygen atoms in total. The second-order valence-corrected chi connectivity index (χ2v) is 6.50. The molecule has 1 heterocycles. The Labute approximate surface area is 130 Å². The van der Waals surface area contributed by atoms with Crippen molar-refractivity contribution in [3.63, 3.8) is 0 Å². The highest BCUT2D eigenvalue weighted by Gasteiger charge is 2.38. The minimum atomic E-state index is -0.159. The fourth-order valence-electron chi connectivity index (χ4n) is 3.95. The van der Waals surface area contributed by atoms with Gasteiger partial charge in [0.2, 0.25) is 0 Å². The van der Waals surface area contributed by atoms with Gasteiger partial charge in [0.25, 0.3) is 0 Å². The SMILES string of the molecule is Cc1ccc2c(c1C)N[C@H](c1cccc(F)c1)[C@H]1CC=C[C@H]21. The predicted octanol–water partition coefficient (Wildman–Crippen LogP) is 5.27. The van der Waals surface area contributed by atoms with Crippen molar-refractivity contribution >= 4 is 5.69 Å². The third-order valence-corrected chi connectivity index (χ3v) is 5.28. The molecule has 0 aromatic heterocycles. The number of aryl methyl sites for hydroxylation is 1. The van der Waals surface area contributed by atoms with Gasteiger partial charge in [-0.3, -0.25) is 0 Å². The maximum Gasteiger partial charge on any atom is 0.123 e. The van der Waals surface area contributed by atoms with Crippen LogP contribution in [0.2, 0.25) is 0 Å². The molecule has 0 saturated carbocycles. The van der Waals surface area contributed by atoms with Gasteiger partial charge in [-0.2, -0.15) is 0 Å². The number of hydrogen-bond acceptors (Lipinski definition) is 1. The van der Waals surface area contributed by atoms with Crippen molar-refractivity contribution in [1.29, 1.82) is 0 Å². The number of nitrogens with one attached hydrogen (secondary N) is 1. The van der Waals surface area contributed by atoms with Crippen LogP contribution in [-0.2, 0) is 0 Å². The zero-order valence-corrected chi connectivity index (χ0v) is 12.9. The smallest absolute Gasteiger partial charge is 0.123 e. The zero-order chi connectivity index (χ0) is 15.3. The number of hydrogen-bond donors (Lipinski definition) is 1. The molecule has 0 radical (unpaired) electrons. The monoisotopic (exact) mass is 293 g/mol. The molecular weight excluding hydrogens is 273 g/mol. The molecule has 0 spiro atoms. The van der Waals surface area contributed by atoms with E-state index in [1.54, 1.807) is 6.07 Å². The van der Waals surface area contributed by atoms with Gasteiger partial charge in [0.05, 0.1) is 6.04 Å². The molecule has 2 aliphatic rings. The maximum absolute atomic E-state index is 13.7. The standard InChI is InChI=1S/C20H20FN/c1-12-9-10-18-16-7-4-8-17(16)20(22-19(18)13(12)2)14-5-3-6-15(21)11-14/h3-7,9-11,16-17,20,22H,8H2,1-2H3/t16-,17-,20+/m0/s1. The van der Waals surface area contributed by atoms with Crippen LogP contribution in [0.5, 0.6) is 0 Å². The van der Waals surface area contributed by atoms with E-state index < -0.39 is 0 Å². The van der Waals surface area contributed by atoms with E-state index in [0.29, 0.717) is 11.8 Å². The average molecular weight is 293 g/mol. The lowest BCUT2D eigenvalue weighted by molar-refractivity contribution is 0.423. The quantitative estimate of drug-likeness (QED) is 0.706. The Hall–Kier alpha value is -2.09. The molecule has 1 aliphatic carbocycles. The minimum Gasteiger partial charge on any atom is -0.377 e. The summed E-state index contributed by atoms with van der Waals surface area (Å²) in [6.07, 6.45) is 5.64. The second-order valence-electron chi connectivity index (χ2n) is 6.50. The van der Waals surface area contributed by atoms with Crippen molar-refractivity contribution in [2.75, 3.05) is 5.32 Å². The Morgan fingerprint density at radius 2 is 2.00 bits per heavy atom. The highest BCUT2D eigenvalue weighted by Crippen LogP contribution is 2.50. The third-order valence-electron chi connectivity index (χ3n) is 5.28. The summed E-state index contributed by atoms with van der Waals surface area (Å²) >= 11 is 0. The summed E-state index contributed by atoms with van der Waals surface area (Å²) in [6.45, 7) is 4.31. The van der Waals surface area contributed by atoms with Crippen LogP contribution in [0.1, 0.15) is 40.6 Å². The molecule has 0 bridgehead atoms. The van der Waals surface area contributed by atoms with Gasteiger partial charge in [-0.05, 0) is 60.6 Å². The van der Waals surface area contributed by atoms with Crippen LogP contribution in [0.3, 0.4) is 0 Å². The lowest BCUT2D eigenvalue weighted by Gasteiger charge is -2.38. The Balaban J connectivity index is 1.84. The molecule has 0 fully saturated rings. The van der Waals surface area contributed by atoms with Gasteiger partial charge < -0.3 is 5.32 Å². The summed E-state index contributed by atoms with van der Waals surface area (Å²) < 4.78 is 13.7. The molecule has 112 valence electrons. The first-order chi connectivity index (χ1) is 10.6. The zero-order valence-electron chi connectivity index (χ0n) is 12.9. The first-order valence-corrected chi connectivity index (χ1v) is 7.94. The highest BCUT2D eigenvalue weighted by molar-refractivity contribution is 5.65. The van der Waals surface area contributed by atoms with Gasteiger partial charge >= 0.3 is 0 Å². The normalized spacial score (nSPS) is 25.5. The van der Waals surface area contributed by atoms with Crippen molar-refractivity contribution in [2.24, 2.45) is 5.92 Å². The largest absolute Gasteiger partial charge is 0.377 e. The number of rotatable bonds is 1. The number of halogens is 1. The summed E-state index contributed by atoms with van der Waals surface area (Å²) in [5.74, 6) is 0.744. The van der Waals surface area contributed by atoms with Gasteiger partial charge in [0, 0.05) is 11.6 Å². The minimum absolute atomic E-state index is 0.159. The molecule has 0 saturated heterocycles. The average Bonchev–Trinajstić information content (AvgIpc) is 3.00. The lowest BCUT2D eigenvalue weighted by Crippen LogP contribution is -2.29. The Kier molecular flexibility index (Phi) is 3.07. The van der Waals surface area contributed by atoms with E-state index >= 15 is 0 Å². The topological polar surface area (TPSA) is 12.0 Å². The predicted molar refractivity (Wildman–Crippen MR) is 88.7 cm³/mol. The Morgan fingerprint density at radius 3 is 2.82 bits per heavy atom. The van der Waals surface area contributed by atoms with E-state index in [0.717, 1.165) is 12.0 Å². The summed E-state index contributed by atoms with van der Waals surface area (Å²) in [6, 6.07) is 11.7. The highest BCUT2D eigenvalue weighted by atomic mass is 19.1. The fraction of sp³-hybridized carbons (Fsp3) is 0.300. The van der Waals surface area contributed by atoms with Crippen LogP contribution in [-0.4, -0.2) is 0 Å². The van der Waals surface area contributed by atoms with Gasteiger partial charge in [-0.15, -0.1) is 0 Å². The van der Waals surface area contributed by atoms with Gasteiger partial charge in [0.1, 0.15) is 5.82 Å². The third kappa shape index (κ3) is 1.98. The van der Waals surface area contributed by atoms with Gasteiger partial charge in [-0.25, -0.2) is 4.39 Å². The number of anilines is 1. The van der Waals surface area contributed by atoms with E-state index in [9.17, 15) is 4.39 Å².